The van der Waals surface area contributed by atoms with Crippen LogP contribution >= 0.6 is 0 Å². The van der Waals surface area contributed by atoms with Crippen LogP contribution in [0, 0.1) is 0 Å². The lowest BCUT2D eigenvalue weighted by molar-refractivity contribution is -0.143. The van der Waals surface area contributed by atoms with Crippen LogP contribution in [0.5, 0.6) is 11.5 Å². The molecule has 3 amide bonds. The largest absolute Gasteiger partial charge is 0.484 e. The van der Waals surface area contributed by atoms with Crippen molar-refractivity contribution in [1.82, 2.24) is 4.90 Å². The Kier molecular flexibility index (Phi) is 4.05. The predicted molar refractivity (Wildman–Crippen MR) is 80.1 cm³/mol. The molecule has 0 aromatic heterocycles. The second-order valence-corrected chi connectivity index (χ2v) is 4.81. The second kappa shape index (κ2) is 6.31. The molecule has 0 fully saturated rings. The van der Waals surface area contributed by atoms with E-state index < -0.39 is 24.3 Å². The van der Waals surface area contributed by atoms with Gasteiger partial charge in [-0.2, -0.15) is 0 Å². The maximum absolute atomic E-state index is 12.4. The molecular weight excluding hydrogens is 298 g/mol. The maximum atomic E-state index is 12.4. The van der Waals surface area contributed by atoms with E-state index >= 15 is 0 Å². The van der Waals surface area contributed by atoms with E-state index in [0.29, 0.717) is 10.6 Å². The normalized spacial score (nSPS) is 13.8. The summed E-state index contributed by atoms with van der Waals surface area (Å²) in [6.45, 7) is -0.788. The zero-order chi connectivity index (χ0) is 16.2. The summed E-state index contributed by atoms with van der Waals surface area (Å²) in [6, 6.07) is 15.1. The molecule has 2 aromatic carbocycles. The molecule has 1 aliphatic rings. The highest BCUT2D eigenvalue weighted by Crippen LogP contribution is 2.23. The Morgan fingerprint density at radius 3 is 2.52 bits per heavy atom. The number of rotatable bonds is 3. The molecule has 6 heteroatoms. The first kappa shape index (κ1) is 14.8. The number of carbonyl (C=O) groups is 3. The van der Waals surface area contributed by atoms with Crippen molar-refractivity contribution in [3.63, 3.8) is 0 Å². The summed E-state index contributed by atoms with van der Waals surface area (Å²) in [7, 11) is 0. The number of carbonyl (C=O) groups excluding carboxylic acids is 3. The van der Waals surface area contributed by atoms with Gasteiger partial charge in [0.05, 0.1) is 5.56 Å². The molecule has 0 bridgehead atoms. The van der Waals surface area contributed by atoms with Crippen molar-refractivity contribution >= 4 is 17.7 Å². The number of para-hydroxylation sites is 2. The van der Waals surface area contributed by atoms with E-state index in [1.54, 1.807) is 42.5 Å². The van der Waals surface area contributed by atoms with Gasteiger partial charge in [-0.15, -0.1) is 0 Å². The minimum Gasteiger partial charge on any atom is -0.484 e. The lowest BCUT2D eigenvalue weighted by Crippen LogP contribution is -2.44. The van der Waals surface area contributed by atoms with Gasteiger partial charge < -0.3 is 9.47 Å². The number of nitrogens with zero attached hydrogens (tertiary/aromatic N) is 1. The standard InChI is InChI=1S/C17H13NO5/c19-15(10-22-12-6-2-1-3-7-12)18-16(20)11-23-14-9-5-4-8-13(14)17(18)21/h1-9H,10-11H2. The van der Waals surface area contributed by atoms with Crippen molar-refractivity contribution in [2.75, 3.05) is 13.2 Å². The van der Waals surface area contributed by atoms with Gasteiger partial charge in [0.1, 0.15) is 11.5 Å². The molecule has 0 unspecified atom stereocenters. The molecule has 2 aromatic rings. The average Bonchev–Trinajstić information content (AvgIpc) is 2.71. The molecular formula is C17H13NO5. The fraction of sp³-hybridized carbons (Fsp3) is 0.118. The Morgan fingerprint density at radius 2 is 1.74 bits per heavy atom. The molecule has 0 saturated heterocycles. The quantitative estimate of drug-likeness (QED) is 0.806. The molecule has 0 radical (unpaired) electrons. The molecule has 6 nitrogen and oxygen atoms in total. The first-order valence-corrected chi connectivity index (χ1v) is 6.96. The van der Waals surface area contributed by atoms with E-state index in [0.717, 1.165) is 0 Å². The smallest absolute Gasteiger partial charge is 0.274 e. The van der Waals surface area contributed by atoms with Gasteiger partial charge >= 0.3 is 0 Å². The van der Waals surface area contributed by atoms with Crippen LogP contribution < -0.4 is 9.47 Å². The van der Waals surface area contributed by atoms with Crippen LogP contribution in [0.4, 0.5) is 0 Å². The Bertz CT molecular complexity index is 757. The summed E-state index contributed by atoms with van der Waals surface area (Å²) < 4.78 is 10.6. The fourth-order valence-electron chi connectivity index (χ4n) is 2.19. The molecule has 3 rings (SSSR count). The van der Waals surface area contributed by atoms with Gasteiger partial charge in [-0.05, 0) is 24.3 Å². The molecule has 1 aliphatic heterocycles. The average molecular weight is 311 g/mol. The molecule has 0 saturated carbocycles. The number of hydrogen-bond acceptors (Lipinski definition) is 5. The highest BCUT2D eigenvalue weighted by atomic mass is 16.5. The first-order chi connectivity index (χ1) is 11.2. The van der Waals surface area contributed by atoms with Gasteiger partial charge in [-0.3, -0.25) is 14.4 Å². The number of amides is 3. The Hall–Kier alpha value is -3.15. The van der Waals surface area contributed by atoms with E-state index in [1.165, 1.54) is 6.07 Å². The Morgan fingerprint density at radius 1 is 1.04 bits per heavy atom. The summed E-state index contributed by atoms with van der Waals surface area (Å²) in [5.74, 6) is -1.39. The van der Waals surface area contributed by atoms with Crippen molar-refractivity contribution in [1.29, 1.82) is 0 Å². The summed E-state index contributed by atoms with van der Waals surface area (Å²) in [5.41, 5.74) is 0.173. The zero-order valence-electron chi connectivity index (χ0n) is 12.1. The van der Waals surface area contributed by atoms with Crippen molar-refractivity contribution < 1.29 is 23.9 Å². The second-order valence-electron chi connectivity index (χ2n) is 4.81. The molecule has 116 valence electrons. The van der Waals surface area contributed by atoms with Crippen LogP contribution in [0.15, 0.2) is 54.6 Å². The van der Waals surface area contributed by atoms with Crippen molar-refractivity contribution in [2.45, 2.75) is 0 Å². The number of ether oxygens (including phenoxy) is 2. The highest BCUT2D eigenvalue weighted by Gasteiger charge is 2.34. The predicted octanol–water partition coefficient (Wildman–Crippen LogP) is 1.65. The number of imide groups is 3. The molecule has 0 aliphatic carbocycles. The molecule has 23 heavy (non-hydrogen) atoms. The fourth-order valence-corrected chi connectivity index (χ4v) is 2.19. The van der Waals surface area contributed by atoms with Gasteiger partial charge in [0.25, 0.3) is 17.7 Å². The monoisotopic (exact) mass is 311 g/mol. The summed E-state index contributed by atoms with van der Waals surface area (Å²) >= 11 is 0. The Labute approximate surface area is 132 Å². The lowest BCUT2D eigenvalue weighted by Gasteiger charge is -2.16. The van der Waals surface area contributed by atoms with E-state index in [2.05, 4.69) is 0 Å². The third-order valence-corrected chi connectivity index (χ3v) is 3.28. The Balaban J connectivity index is 1.79. The molecule has 0 atom stereocenters. The first-order valence-electron chi connectivity index (χ1n) is 6.96. The zero-order valence-corrected chi connectivity index (χ0v) is 12.1. The topological polar surface area (TPSA) is 72.9 Å². The third kappa shape index (κ3) is 3.06. The van der Waals surface area contributed by atoms with Crippen LogP contribution in [0.25, 0.3) is 0 Å². The van der Waals surface area contributed by atoms with E-state index in [-0.39, 0.29) is 17.9 Å². The molecule has 1 heterocycles. The van der Waals surface area contributed by atoms with Crippen molar-refractivity contribution in [3.8, 4) is 11.5 Å². The lowest BCUT2D eigenvalue weighted by atomic mass is 10.2. The van der Waals surface area contributed by atoms with Crippen molar-refractivity contribution in [2.24, 2.45) is 0 Å². The van der Waals surface area contributed by atoms with Crippen LogP contribution in [-0.2, 0) is 9.59 Å². The third-order valence-electron chi connectivity index (χ3n) is 3.28. The summed E-state index contributed by atoms with van der Waals surface area (Å²) in [4.78, 5) is 37.3. The van der Waals surface area contributed by atoms with Gasteiger partial charge in [0.2, 0.25) is 0 Å². The maximum Gasteiger partial charge on any atom is 0.274 e. The van der Waals surface area contributed by atoms with Gasteiger partial charge in [-0.1, -0.05) is 30.3 Å². The summed E-state index contributed by atoms with van der Waals surface area (Å²) in [5, 5.41) is 0. The van der Waals surface area contributed by atoms with Crippen LogP contribution in [0.1, 0.15) is 10.4 Å². The minimum atomic E-state index is -0.732. The van der Waals surface area contributed by atoms with Crippen molar-refractivity contribution in [3.05, 3.63) is 60.2 Å². The van der Waals surface area contributed by atoms with Crippen LogP contribution in [0.3, 0.4) is 0 Å². The molecule has 0 spiro atoms. The number of benzene rings is 2. The SMILES string of the molecule is O=C(COc1ccccc1)N1C(=O)COc2ccccc2C1=O. The van der Waals surface area contributed by atoms with Crippen LogP contribution in [0.2, 0.25) is 0 Å². The number of hydrogen-bond donors (Lipinski definition) is 0. The van der Waals surface area contributed by atoms with E-state index in [4.69, 9.17) is 9.47 Å². The van der Waals surface area contributed by atoms with E-state index in [9.17, 15) is 14.4 Å². The summed E-state index contributed by atoms with van der Waals surface area (Å²) in [6.07, 6.45) is 0. The number of fused-ring (bicyclic) bond motifs is 1. The van der Waals surface area contributed by atoms with Crippen LogP contribution in [-0.4, -0.2) is 35.8 Å². The molecule has 0 N–H and O–H groups in total. The van der Waals surface area contributed by atoms with E-state index in [1.807, 2.05) is 6.07 Å². The van der Waals surface area contributed by atoms with Gasteiger partial charge in [0, 0.05) is 0 Å². The minimum absolute atomic E-state index is 0.173. The highest BCUT2D eigenvalue weighted by molar-refractivity contribution is 6.18. The van der Waals surface area contributed by atoms with Gasteiger partial charge in [-0.25, -0.2) is 4.90 Å². The van der Waals surface area contributed by atoms with Gasteiger partial charge in [0.15, 0.2) is 13.2 Å².